The molecule has 1 atom stereocenters. The van der Waals surface area contributed by atoms with Crippen LogP contribution < -0.4 is 4.90 Å². The zero-order chi connectivity index (χ0) is 16.2. The van der Waals surface area contributed by atoms with Crippen LogP contribution in [0.5, 0.6) is 0 Å². The van der Waals surface area contributed by atoms with Gasteiger partial charge in [-0.2, -0.15) is 0 Å². The summed E-state index contributed by atoms with van der Waals surface area (Å²) in [7, 11) is 0. The number of hydrogen-bond acceptors (Lipinski definition) is 2. The van der Waals surface area contributed by atoms with Gasteiger partial charge in [-0.1, -0.05) is 34.6 Å². The first-order chi connectivity index (χ1) is 9.55. The van der Waals surface area contributed by atoms with E-state index >= 15 is 0 Å². The van der Waals surface area contributed by atoms with Crippen molar-refractivity contribution in [2.45, 2.75) is 67.9 Å². The SMILES string of the molecule is CCC(C)N(C(=O)C1C(C)(C)C1(C)C)c1cc(C)c(C)s1. The standard InChI is InChI=1S/C18H29NOS/c1-9-12(3)19(14-10-11(2)13(4)21-14)16(20)15-17(5,6)18(15,7)8/h10,12,15H,9H2,1-8H3. The Balaban J connectivity index is 2.36. The lowest BCUT2D eigenvalue weighted by molar-refractivity contribution is -0.121. The van der Waals surface area contributed by atoms with Crippen LogP contribution in [0.4, 0.5) is 5.00 Å². The third-order valence-corrected chi connectivity index (χ3v) is 7.08. The molecule has 0 saturated heterocycles. The smallest absolute Gasteiger partial charge is 0.232 e. The molecule has 1 amide bonds. The number of carbonyl (C=O) groups excluding carboxylic acids is 1. The lowest BCUT2D eigenvalue weighted by Gasteiger charge is -2.28. The highest BCUT2D eigenvalue weighted by molar-refractivity contribution is 7.16. The molecule has 1 aliphatic carbocycles. The third-order valence-electron chi connectivity index (χ3n) is 5.93. The predicted molar refractivity (Wildman–Crippen MR) is 92.1 cm³/mol. The molecule has 2 rings (SSSR count). The third kappa shape index (κ3) is 2.44. The number of thiophene rings is 1. The molecule has 3 heteroatoms. The van der Waals surface area contributed by atoms with Crippen molar-refractivity contribution < 1.29 is 4.79 Å². The Morgan fingerprint density at radius 1 is 1.29 bits per heavy atom. The van der Waals surface area contributed by atoms with Gasteiger partial charge in [0.05, 0.1) is 5.00 Å². The van der Waals surface area contributed by atoms with Crippen LogP contribution in [0.25, 0.3) is 0 Å². The fourth-order valence-corrected chi connectivity index (χ4v) is 4.49. The number of anilines is 1. The minimum atomic E-state index is 0.0944. The van der Waals surface area contributed by atoms with Crippen molar-refractivity contribution in [2.75, 3.05) is 4.90 Å². The molecule has 1 aliphatic rings. The Kier molecular flexibility index (Phi) is 4.03. The summed E-state index contributed by atoms with van der Waals surface area (Å²) in [5.41, 5.74) is 1.47. The van der Waals surface area contributed by atoms with E-state index in [4.69, 9.17) is 0 Å². The second-order valence-electron chi connectivity index (χ2n) is 7.67. The molecule has 1 aromatic rings. The largest absolute Gasteiger partial charge is 0.301 e. The summed E-state index contributed by atoms with van der Waals surface area (Å²) in [5, 5.41) is 1.11. The highest BCUT2D eigenvalue weighted by atomic mass is 32.1. The predicted octanol–water partition coefficient (Wildman–Crippen LogP) is 5.18. The van der Waals surface area contributed by atoms with Gasteiger partial charge in [0.1, 0.15) is 0 Å². The van der Waals surface area contributed by atoms with Crippen LogP contribution in [0.2, 0.25) is 0 Å². The first-order valence-corrected chi connectivity index (χ1v) is 8.77. The van der Waals surface area contributed by atoms with Crippen LogP contribution >= 0.6 is 11.3 Å². The van der Waals surface area contributed by atoms with E-state index in [2.05, 4.69) is 66.4 Å². The summed E-state index contributed by atoms with van der Waals surface area (Å²) in [6, 6.07) is 2.43. The Morgan fingerprint density at radius 2 is 1.81 bits per heavy atom. The van der Waals surface area contributed by atoms with Crippen LogP contribution in [-0.2, 0) is 4.79 Å². The number of hydrogen-bond donors (Lipinski definition) is 0. The van der Waals surface area contributed by atoms with Gasteiger partial charge < -0.3 is 4.90 Å². The van der Waals surface area contributed by atoms with E-state index in [1.54, 1.807) is 11.3 Å². The van der Waals surface area contributed by atoms with Gasteiger partial charge in [-0.15, -0.1) is 11.3 Å². The van der Waals surface area contributed by atoms with E-state index < -0.39 is 0 Å². The number of aryl methyl sites for hydroxylation is 2. The molecule has 0 aliphatic heterocycles. The topological polar surface area (TPSA) is 20.3 Å². The zero-order valence-corrected chi connectivity index (χ0v) is 15.5. The van der Waals surface area contributed by atoms with Gasteiger partial charge in [0.25, 0.3) is 0 Å². The quantitative estimate of drug-likeness (QED) is 0.750. The fraction of sp³-hybridized carbons (Fsp3) is 0.722. The molecule has 1 aromatic heterocycles. The molecule has 21 heavy (non-hydrogen) atoms. The van der Waals surface area contributed by atoms with Gasteiger partial charge in [0.15, 0.2) is 0 Å². The Labute approximate surface area is 133 Å². The number of rotatable bonds is 4. The maximum absolute atomic E-state index is 13.2. The molecule has 0 aromatic carbocycles. The average Bonchev–Trinajstić information content (AvgIpc) is 2.61. The van der Waals surface area contributed by atoms with E-state index in [0.717, 1.165) is 11.4 Å². The number of amides is 1. The Bertz CT molecular complexity index is 522. The van der Waals surface area contributed by atoms with Crippen LogP contribution in [-0.4, -0.2) is 11.9 Å². The lowest BCUT2D eigenvalue weighted by Crippen LogP contribution is -2.40. The summed E-state index contributed by atoms with van der Waals surface area (Å²) in [6.07, 6.45) is 0.981. The number of nitrogens with zero attached hydrogens (tertiary/aromatic N) is 1. The normalized spacial score (nSPS) is 21.1. The summed E-state index contributed by atoms with van der Waals surface area (Å²) in [6.45, 7) is 17.4. The average molecular weight is 308 g/mol. The van der Waals surface area contributed by atoms with Gasteiger partial charge in [-0.3, -0.25) is 4.79 Å². The fourth-order valence-electron chi connectivity index (χ4n) is 3.35. The maximum Gasteiger partial charge on any atom is 0.232 e. The van der Waals surface area contributed by atoms with Crippen LogP contribution in [0.3, 0.4) is 0 Å². The molecular formula is C18H29NOS. The lowest BCUT2D eigenvalue weighted by atomic mass is 10.0. The number of carbonyl (C=O) groups is 1. The van der Waals surface area contributed by atoms with Crippen molar-refractivity contribution in [1.82, 2.24) is 0 Å². The molecule has 0 spiro atoms. The minimum Gasteiger partial charge on any atom is -0.301 e. The summed E-state index contributed by atoms with van der Waals surface area (Å²) in [5.74, 6) is 0.433. The van der Waals surface area contributed by atoms with Crippen LogP contribution in [0.15, 0.2) is 6.07 Å². The summed E-state index contributed by atoms with van der Waals surface area (Å²) in [4.78, 5) is 16.6. The molecule has 118 valence electrons. The monoisotopic (exact) mass is 307 g/mol. The first-order valence-electron chi connectivity index (χ1n) is 7.95. The van der Waals surface area contributed by atoms with Crippen LogP contribution in [0.1, 0.15) is 58.4 Å². The molecule has 1 heterocycles. The van der Waals surface area contributed by atoms with Crippen molar-refractivity contribution in [3.05, 3.63) is 16.5 Å². The van der Waals surface area contributed by atoms with E-state index in [0.29, 0.717) is 5.91 Å². The molecule has 1 unspecified atom stereocenters. The van der Waals surface area contributed by atoms with E-state index in [9.17, 15) is 4.79 Å². The molecule has 1 fully saturated rings. The second kappa shape index (κ2) is 5.12. The maximum atomic E-state index is 13.2. The molecule has 0 radical (unpaired) electrons. The van der Waals surface area contributed by atoms with Gasteiger partial charge in [0, 0.05) is 16.8 Å². The highest BCUT2D eigenvalue weighted by Gasteiger charge is 2.69. The van der Waals surface area contributed by atoms with Crippen LogP contribution in [0, 0.1) is 30.6 Å². The zero-order valence-electron chi connectivity index (χ0n) is 14.7. The molecule has 0 N–H and O–H groups in total. The van der Waals surface area contributed by atoms with Crippen molar-refractivity contribution in [3.8, 4) is 0 Å². The summed E-state index contributed by atoms with van der Waals surface area (Å²) < 4.78 is 0. The second-order valence-corrected chi connectivity index (χ2v) is 8.90. The van der Waals surface area contributed by atoms with Crippen molar-refractivity contribution in [2.24, 2.45) is 16.7 Å². The van der Waals surface area contributed by atoms with Gasteiger partial charge in [-0.25, -0.2) is 0 Å². The molecule has 2 nitrogen and oxygen atoms in total. The Hall–Kier alpha value is -0.830. The van der Waals surface area contributed by atoms with Crippen molar-refractivity contribution in [3.63, 3.8) is 0 Å². The first kappa shape index (κ1) is 16.5. The minimum absolute atomic E-state index is 0.0944. The molecular weight excluding hydrogens is 278 g/mol. The summed E-state index contributed by atoms with van der Waals surface area (Å²) >= 11 is 1.75. The Morgan fingerprint density at radius 3 is 2.14 bits per heavy atom. The van der Waals surface area contributed by atoms with Gasteiger partial charge in [0.2, 0.25) is 5.91 Å². The molecule has 1 saturated carbocycles. The van der Waals surface area contributed by atoms with Gasteiger partial charge in [-0.05, 0) is 49.7 Å². The van der Waals surface area contributed by atoms with Crippen molar-refractivity contribution >= 4 is 22.2 Å². The van der Waals surface area contributed by atoms with E-state index in [-0.39, 0.29) is 22.8 Å². The van der Waals surface area contributed by atoms with Crippen molar-refractivity contribution in [1.29, 1.82) is 0 Å². The van der Waals surface area contributed by atoms with E-state index in [1.807, 2.05) is 0 Å². The molecule has 0 bridgehead atoms. The van der Waals surface area contributed by atoms with Gasteiger partial charge >= 0.3 is 0 Å². The highest BCUT2D eigenvalue weighted by Crippen LogP contribution is 2.69. The van der Waals surface area contributed by atoms with E-state index in [1.165, 1.54) is 10.4 Å².